The van der Waals surface area contributed by atoms with Gasteiger partial charge in [-0.1, -0.05) is 6.92 Å². The van der Waals surface area contributed by atoms with Crippen LogP contribution in [0.4, 0.5) is 0 Å². The molecule has 0 rings (SSSR count). The molecular formula is C10H20N2O3. The van der Waals surface area contributed by atoms with Crippen LogP contribution in [0.15, 0.2) is 0 Å². The fraction of sp³-hybridized carbons (Fsp3) is 0.800. The van der Waals surface area contributed by atoms with Crippen LogP contribution in [0.1, 0.15) is 27.2 Å². The number of carbonyl (C=O) groups excluding carboxylic acids is 1. The highest BCUT2D eigenvalue weighted by Gasteiger charge is 2.14. The van der Waals surface area contributed by atoms with E-state index in [-0.39, 0.29) is 25.0 Å². The molecule has 0 radical (unpaired) electrons. The summed E-state index contributed by atoms with van der Waals surface area (Å²) in [5.74, 6) is -1.14. The Balaban J connectivity index is 3.99. The van der Waals surface area contributed by atoms with E-state index in [1.807, 2.05) is 13.8 Å². The highest BCUT2D eigenvalue weighted by atomic mass is 16.4. The van der Waals surface area contributed by atoms with Crippen LogP contribution in [0.3, 0.4) is 0 Å². The summed E-state index contributed by atoms with van der Waals surface area (Å²) in [6, 6.07) is 0.275. The minimum Gasteiger partial charge on any atom is -0.480 e. The van der Waals surface area contributed by atoms with Crippen molar-refractivity contribution in [3.8, 4) is 0 Å². The van der Waals surface area contributed by atoms with Gasteiger partial charge in [-0.3, -0.25) is 9.59 Å². The summed E-state index contributed by atoms with van der Waals surface area (Å²) in [5.41, 5.74) is 0. The second kappa shape index (κ2) is 7.23. The molecule has 1 amide bonds. The molecule has 5 heteroatoms. The lowest BCUT2D eigenvalue weighted by Gasteiger charge is -2.20. The summed E-state index contributed by atoms with van der Waals surface area (Å²) >= 11 is 0. The van der Waals surface area contributed by atoms with Crippen molar-refractivity contribution in [1.29, 1.82) is 0 Å². The van der Waals surface area contributed by atoms with Gasteiger partial charge in [0.25, 0.3) is 0 Å². The standard InChI is InChI=1S/C10H20N2O3/c1-4-8(3)11-6-9(13)12(5-2)7-10(14)15/h8,11H,4-7H2,1-3H3,(H,14,15). The van der Waals surface area contributed by atoms with Crippen molar-refractivity contribution < 1.29 is 14.7 Å². The number of hydrogen-bond donors (Lipinski definition) is 2. The molecule has 0 aliphatic heterocycles. The van der Waals surface area contributed by atoms with E-state index >= 15 is 0 Å². The van der Waals surface area contributed by atoms with Crippen LogP contribution in [0, 0.1) is 0 Å². The zero-order valence-corrected chi connectivity index (χ0v) is 9.62. The van der Waals surface area contributed by atoms with Crippen molar-refractivity contribution in [3.05, 3.63) is 0 Å². The van der Waals surface area contributed by atoms with Gasteiger partial charge in [0.15, 0.2) is 0 Å². The van der Waals surface area contributed by atoms with Gasteiger partial charge in [0, 0.05) is 12.6 Å². The Labute approximate surface area is 90.5 Å². The van der Waals surface area contributed by atoms with Gasteiger partial charge in [0.2, 0.25) is 5.91 Å². The second-order valence-electron chi connectivity index (χ2n) is 3.49. The van der Waals surface area contributed by atoms with Gasteiger partial charge in [-0.25, -0.2) is 0 Å². The van der Waals surface area contributed by atoms with Crippen LogP contribution in [-0.2, 0) is 9.59 Å². The Morgan fingerprint density at radius 2 is 2.00 bits per heavy atom. The molecule has 0 bridgehead atoms. The van der Waals surface area contributed by atoms with Crippen LogP contribution < -0.4 is 5.32 Å². The second-order valence-corrected chi connectivity index (χ2v) is 3.49. The largest absolute Gasteiger partial charge is 0.480 e. The molecule has 0 aromatic rings. The first-order valence-electron chi connectivity index (χ1n) is 5.24. The van der Waals surface area contributed by atoms with Gasteiger partial charge in [0.05, 0.1) is 6.54 Å². The monoisotopic (exact) mass is 216 g/mol. The Morgan fingerprint density at radius 1 is 1.40 bits per heavy atom. The van der Waals surface area contributed by atoms with E-state index in [2.05, 4.69) is 5.32 Å². The number of rotatable bonds is 7. The highest BCUT2D eigenvalue weighted by molar-refractivity contribution is 5.82. The zero-order valence-electron chi connectivity index (χ0n) is 9.62. The van der Waals surface area contributed by atoms with Crippen molar-refractivity contribution in [3.63, 3.8) is 0 Å². The van der Waals surface area contributed by atoms with E-state index in [0.717, 1.165) is 6.42 Å². The SMILES string of the molecule is CCC(C)NCC(=O)N(CC)CC(=O)O. The summed E-state index contributed by atoms with van der Waals surface area (Å²) in [6.07, 6.45) is 0.943. The van der Waals surface area contributed by atoms with Gasteiger partial charge in [-0.2, -0.15) is 0 Å². The summed E-state index contributed by atoms with van der Waals surface area (Å²) in [7, 11) is 0. The predicted molar refractivity (Wildman–Crippen MR) is 57.6 cm³/mol. The Bertz CT molecular complexity index is 219. The van der Waals surface area contributed by atoms with Crippen LogP contribution >= 0.6 is 0 Å². The third-order valence-electron chi connectivity index (χ3n) is 2.27. The van der Waals surface area contributed by atoms with Gasteiger partial charge >= 0.3 is 5.97 Å². The maximum absolute atomic E-state index is 11.5. The molecule has 0 aliphatic rings. The molecular weight excluding hydrogens is 196 g/mol. The number of likely N-dealkylation sites (N-methyl/N-ethyl adjacent to an activating group) is 1. The first-order chi connectivity index (χ1) is 7.01. The van der Waals surface area contributed by atoms with Crippen molar-refractivity contribution in [1.82, 2.24) is 10.2 Å². The topological polar surface area (TPSA) is 69.6 Å². The van der Waals surface area contributed by atoms with Crippen LogP contribution in [0.2, 0.25) is 0 Å². The van der Waals surface area contributed by atoms with E-state index in [1.165, 1.54) is 4.90 Å². The lowest BCUT2D eigenvalue weighted by Crippen LogP contribution is -2.42. The average Bonchev–Trinajstić information content (AvgIpc) is 2.21. The Kier molecular flexibility index (Phi) is 6.70. The number of carboxylic acid groups (broad SMARTS) is 1. The number of carboxylic acids is 1. The molecule has 0 aromatic heterocycles. The van der Waals surface area contributed by atoms with E-state index in [0.29, 0.717) is 6.54 Å². The lowest BCUT2D eigenvalue weighted by molar-refractivity contribution is -0.144. The maximum atomic E-state index is 11.5. The quantitative estimate of drug-likeness (QED) is 0.642. The first-order valence-corrected chi connectivity index (χ1v) is 5.24. The molecule has 2 N–H and O–H groups in total. The third-order valence-corrected chi connectivity index (χ3v) is 2.27. The van der Waals surface area contributed by atoms with Gasteiger partial charge in [0.1, 0.15) is 6.54 Å². The summed E-state index contributed by atoms with van der Waals surface area (Å²) in [4.78, 5) is 23.3. The number of carbonyl (C=O) groups is 2. The van der Waals surface area contributed by atoms with Crippen molar-refractivity contribution in [2.45, 2.75) is 33.2 Å². The van der Waals surface area contributed by atoms with E-state index < -0.39 is 5.97 Å². The average molecular weight is 216 g/mol. The fourth-order valence-electron chi connectivity index (χ4n) is 1.06. The zero-order chi connectivity index (χ0) is 11.8. The molecule has 0 fully saturated rings. The molecule has 15 heavy (non-hydrogen) atoms. The maximum Gasteiger partial charge on any atom is 0.323 e. The molecule has 0 spiro atoms. The van der Waals surface area contributed by atoms with Crippen LogP contribution in [0.25, 0.3) is 0 Å². The van der Waals surface area contributed by atoms with E-state index in [9.17, 15) is 9.59 Å². The predicted octanol–water partition coefficient (Wildman–Crippen LogP) is 0.308. The number of amides is 1. The lowest BCUT2D eigenvalue weighted by atomic mass is 10.2. The number of hydrogen-bond acceptors (Lipinski definition) is 3. The smallest absolute Gasteiger partial charge is 0.323 e. The fourth-order valence-corrected chi connectivity index (χ4v) is 1.06. The molecule has 0 heterocycles. The Hall–Kier alpha value is -1.10. The summed E-state index contributed by atoms with van der Waals surface area (Å²) < 4.78 is 0. The Morgan fingerprint density at radius 3 is 2.40 bits per heavy atom. The number of aliphatic carboxylic acids is 1. The molecule has 5 nitrogen and oxygen atoms in total. The molecule has 0 aromatic carbocycles. The van der Waals surface area contributed by atoms with Gasteiger partial charge in [-0.15, -0.1) is 0 Å². The molecule has 0 aliphatic carbocycles. The van der Waals surface area contributed by atoms with E-state index in [1.54, 1.807) is 6.92 Å². The van der Waals surface area contributed by atoms with E-state index in [4.69, 9.17) is 5.11 Å². The third kappa shape index (κ3) is 6.06. The van der Waals surface area contributed by atoms with Crippen molar-refractivity contribution in [2.24, 2.45) is 0 Å². The normalized spacial score (nSPS) is 12.2. The molecule has 0 saturated heterocycles. The molecule has 0 saturated carbocycles. The molecule has 88 valence electrons. The molecule has 1 unspecified atom stereocenters. The molecule has 1 atom stereocenters. The number of nitrogens with zero attached hydrogens (tertiary/aromatic N) is 1. The number of nitrogens with one attached hydrogen (secondary N) is 1. The van der Waals surface area contributed by atoms with Crippen LogP contribution in [-0.4, -0.2) is 47.6 Å². The van der Waals surface area contributed by atoms with Crippen molar-refractivity contribution >= 4 is 11.9 Å². The first kappa shape index (κ1) is 13.9. The minimum atomic E-state index is -0.978. The van der Waals surface area contributed by atoms with Crippen molar-refractivity contribution in [2.75, 3.05) is 19.6 Å². The van der Waals surface area contributed by atoms with Gasteiger partial charge in [-0.05, 0) is 20.3 Å². The summed E-state index contributed by atoms with van der Waals surface area (Å²) in [6.45, 7) is 6.18. The van der Waals surface area contributed by atoms with Crippen LogP contribution in [0.5, 0.6) is 0 Å². The highest BCUT2D eigenvalue weighted by Crippen LogP contribution is 1.91. The van der Waals surface area contributed by atoms with Gasteiger partial charge < -0.3 is 15.3 Å². The minimum absolute atomic E-state index is 0.166. The summed E-state index contributed by atoms with van der Waals surface area (Å²) in [5, 5.41) is 11.6.